The number of methoxy groups -OCH3 is 1. The molecule has 0 aliphatic rings. The Morgan fingerprint density at radius 3 is 2.41 bits per heavy atom. The van der Waals surface area contributed by atoms with Gasteiger partial charge in [-0.15, -0.1) is 0 Å². The predicted octanol–water partition coefficient (Wildman–Crippen LogP) is 4.83. The molecule has 0 aliphatic heterocycles. The minimum atomic E-state index is -0.251. The van der Waals surface area contributed by atoms with Gasteiger partial charge in [0.25, 0.3) is 5.22 Å². The highest BCUT2D eigenvalue weighted by atomic mass is 32.2. The molecule has 0 fully saturated rings. The van der Waals surface area contributed by atoms with Crippen LogP contribution in [0.15, 0.2) is 88.5 Å². The molecule has 0 aliphatic carbocycles. The summed E-state index contributed by atoms with van der Waals surface area (Å²) in [5.74, 6) is 0.895. The number of aromatic nitrogens is 1. The number of benzene rings is 3. The topological polar surface area (TPSA) is 64.4 Å². The SMILES string of the molecule is COc1ccc(C(NC(=O)CSc2nc3ccccc3o2)c2ccccc2)cc1. The lowest BCUT2D eigenvalue weighted by Crippen LogP contribution is -2.30. The van der Waals surface area contributed by atoms with Gasteiger partial charge in [-0.05, 0) is 35.4 Å². The van der Waals surface area contributed by atoms with E-state index < -0.39 is 0 Å². The van der Waals surface area contributed by atoms with Crippen molar-refractivity contribution in [3.05, 3.63) is 90.0 Å². The number of hydrogen-bond acceptors (Lipinski definition) is 5. The van der Waals surface area contributed by atoms with E-state index in [9.17, 15) is 4.79 Å². The maximum atomic E-state index is 12.7. The summed E-state index contributed by atoms with van der Waals surface area (Å²) in [6, 6.07) is 24.9. The molecule has 1 unspecified atom stereocenters. The van der Waals surface area contributed by atoms with Gasteiger partial charge < -0.3 is 14.5 Å². The number of nitrogens with zero attached hydrogens (tertiary/aromatic N) is 1. The highest BCUT2D eigenvalue weighted by molar-refractivity contribution is 7.99. The van der Waals surface area contributed by atoms with E-state index in [1.54, 1.807) is 7.11 Å². The molecule has 5 nitrogen and oxygen atoms in total. The molecule has 1 amide bonds. The first kappa shape index (κ1) is 19.1. The third-order valence-corrected chi connectivity index (χ3v) is 5.32. The summed E-state index contributed by atoms with van der Waals surface area (Å²) in [6.45, 7) is 0. The molecular formula is C23H20N2O3S. The summed E-state index contributed by atoms with van der Waals surface area (Å²) in [5.41, 5.74) is 3.50. The Kier molecular flexibility index (Phi) is 5.81. The van der Waals surface area contributed by atoms with Crippen LogP contribution in [-0.2, 0) is 4.79 Å². The van der Waals surface area contributed by atoms with Crippen LogP contribution < -0.4 is 10.1 Å². The molecule has 0 bridgehead atoms. The molecule has 29 heavy (non-hydrogen) atoms. The Morgan fingerprint density at radius 1 is 1.00 bits per heavy atom. The zero-order chi connectivity index (χ0) is 20.1. The van der Waals surface area contributed by atoms with E-state index >= 15 is 0 Å². The number of thioether (sulfide) groups is 1. The monoisotopic (exact) mass is 404 g/mol. The lowest BCUT2D eigenvalue weighted by Gasteiger charge is -2.20. The molecule has 1 heterocycles. The molecule has 1 aromatic heterocycles. The number of carbonyl (C=O) groups is 1. The van der Waals surface area contributed by atoms with Gasteiger partial charge in [-0.1, -0.05) is 66.4 Å². The van der Waals surface area contributed by atoms with E-state index in [-0.39, 0.29) is 17.7 Å². The van der Waals surface area contributed by atoms with Crippen LogP contribution in [0, 0.1) is 0 Å². The zero-order valence-corrected chi connectivity index (χ0v) is 16.7. The zero-order valence-electron chi connectivity index (χ0n) is 15.9. The van der Waals surface area contributed by atoms with Gasteiger partial charge in [-0.25, -0.2) is 4.98 Å². The number of fused-ring (bicyclic) bond motifs is 1. The largest absolute Gasteiger partial charge is 0.497 e. The Hall–Kier alpha value is -3.25. The lowest BCUT2D eigenvalue weighted by molar-refractivity contribution is -0.119. The second-order valence-electron chi connectivity index (χ2n) is 6.42. The summed E-state index contributed by atoms with van der Waals surface area (Å²) in [6.07, 6.45) is 0. The molecule has 1 atom stereocenters. The van der Waals surface area contributed by atoms with E-state index in [1.807, 2.05) is 78.9 Å². The highest BCUT2D eigenvalue weighted by Crippen LogP contribution is 2.26. The first-order chi connectivity index (χ1) is 14.2. The van der Waals surface area contributed by atoms with Crippen LogP contribution in [0.25, 0.3) is 11.1 Å². The maximum absolute atomic E-state index is 12.7. The summed E-state index contributed by atoms with van der Waals surface area (Å²) >= 11 is 1.28. The van der Waals surface area contributed by atoms with Gasteiger partial charge in [0.15, 0.2) is 5.58 Å². The minimum absolute atomic E-state index is 0.0954. The normalized spacial score (nSPS) is 11.9. The quantitative estimate of drug-likeness (QED) is 0.447. The molecular weight excluding hydrogens is 384 g/mol. The van der Waals surface area contributed by atoms with Crippen molar-refractivity contribution in [1.29, 1.82) is 0 Å². The summed E-state index contributed by atoms with van der Waals surface area (Å²) in [7, 11) is 1.63. The van der Waals surface area contributed by atoms with Crippen molar-refractivity contribution in [2.24, 2.45) is 0 Å². The van der Waals surface area contributed by atoms with Gasteiger partial charge in [0.05, 0.1) is 18.9 Å². The highest BCUT2D eigenvalue weighted by Gasteiger charge is 2.18. The smallest absolute Gasteiger partial charge is 0.257 e. The van der Waals surface area contributed by atoms with E-state index in [4.69, 9.17) is 9.15 Å². The Morgan fingerprint density at radius 2 is 1.69 bits per heavy atom. The Bertz CT molecular complexity index is 1060. The van der Waals surface area contributed by atoms with Crippen LogP contribution in [0.2, 0.25) is 0 Å². The predicted molar refractivity (Wildman–Crippen MR) is 114 cm³/mol. The third kappa shape index (κ3) is 4.60. The fourth-order valence-electron chi connectivity index (χ4n) is 3.04. The van der Waals surface area contributed by atoms with Crippen molar-refractivity contribution in [2.45, 2.75) is 11.3 Å². The minimum Gasteiger partial charge on any atom is -0.497 e. The average molecular weight is 404 g/mol. The van der Waals surface area contributed by atoms with Crippen molar-refractivity contribution < 1.29 is 13.9 Å². The van der Waals surface area contributed by atoms with Crippen LogP contribution in [0.5, 0.6) is 5.75 Å². The van der Waals surface area contributed by atoms with Gasteiger partial charge in [-0.3, -0.25) is 4.79 Å². The number of oxazole rings is 1. The fraction of sp³-hybridized carbons (Fsp3) is 0.130. The Balaban J connectivity index is 1.48. The van der Waals surface area contributed by atoms with Gasteiger partial charge in [0.1, 0.15) is 11.3 Å². The first-order valence-electron chi connectivity index (χ1n) is 9.19. The third-order valence-electron chi connectivity index (χ3n) is 4.49. The number of rotatable bonds is 7. The molecule has 0 saturated heterocycles. The molecule has 146 valence electrons. The first-order valence-corrected chi connectivity index (χ1v) is 10.2. The van der Waals surface area contributed by atoms with Crippen LogP contribution in [0.4, 0.5) is 0 Å². The number of ether oxygens (including phenoxy) is 1. The lowest BCUT2D eigenvalue weighted by atomic mass is 9.98. The average Bonchev–Trinajstić information content (AvgIpc) is 3.20. The fourth-order valence-corrected chi connectivity index (χ4v) is 3.69. The molecule has 6 heteroatoms. The summed E-state index contributed by atoms with van der Waals surface area (Å²) < 4.78 is 10.9. The van der Waals surface area contributed by atoms with Gasteiger partial charge in [0, 0.05) is 0 Å². The number of para-hydroxylation sites is 2. The molecule has 0 spiro atoms. The van der Waals surface area contributed by atoms with E-state index in [2.05, 4.69) is 10.3 Å². The van der Waals surface area contributed by atoms with E-state index in [1.165, 1.54) is 11.8 Å². The van der Waals surface area contributed by atoms with Gasteiger partial charge in [-0.2, -0.15) is 0 Å². The van der Waals surface area contributed by atoms with Crippen LogP contribution in [0.1, 0.15) is 17.2 Å². The van der Waals surface area contributed by atoms with Crippen LogP contribution >= 0.6 is 11.8 Å². The molecule has 4 aromatic rings. The van der Waals surface area contributed by atoms with E-state index in [0.717, 1.165) is 28.0 Å². The number of carbonyl (C=O) groups excluding carboxylic acids is 1. The molecule has 0 radical (unpaired) electrons. The van der Waals surface area contributed by atoms with Crippen molar-refractivity contribution >= 4 is 28.8 Å². The van der Waals surface area contributed by atoms with Crippen molar-refractivity contribution in [3.63, 3.8) is 0 Å². The molecule has 4 rings (SSSR count). The number of hydrogen-bond donors (Lipinski definition) is 1. The summed E-state index contributed by atoms with van der Waals surface area (Å²) in [5, 5.41) is 3.61. The van der Waals surface area contributed by atoms with Gasteiger partial charge in [0.2, 0.25) is 5.91 Å². The standard InChI is InChI=1S/C23H20N2O3S/c1-27-18-13-11-17(12-14-18)22(16-7-3-2-4-8-16)25-21(26)15-29-23-24-19-9-5-6-10-20(19)28-23/h2-14,22H,15H2,1H3,(H,25,26). The molecule has 0 saturated carbocycles. The van der Waals surface area contributed by atoms with Crippen molar-refractivity contribution in [2.75, 3.05) is 12.9 Å². The second kappa shape index (κ2) is 8.84. The van der Waals surface area contributed by atoms with Crippen LogP contribution in [-0.4, -0.2) is 23.8 Å². The number of amides is 1. The van der Waals surface area contributed by atoms with Crippen molar-refractivity contribution in [1.82, 2.24) is 10.3 Å². The number of nitrogens with one attached hydrogen (secondary N) is 1. The van der Waals surface area contributed by atoms with Crippen LogP contribution in [0.3, 0.4) is 0 Å². The summed E-state index contributed by atoms with van der Waals surface area (Å²) in [4.78, 5) is 17.1. The second-order valence-corrected chi connectivity index (χ2v) is 7.35. The maximum Gasteiger partial charge on any atom is 0.257 e. The molecule has 3 aromatic carbocycles. The van der Waals surface area contributed by atoms with Crippen molar-refractivity contribution in [3.8, 4) is 5.75 Å². The van der Waals surface area contributed by atoms with E-state index in [0.29, 0.717) is 5.22 Å². The Labute approximate surface area is 173 Å². The molecule has 1 N–H and O–H groups in total. The van der Waals surface area contributed by atoms with Gasteiger partial charge >= 0.3 is 0 Å².